The molecule has 0 bridgehead atoms. The molecule has 18 heavy (non-hydrogen) atoms. The number of benzene rings is 1. The van der Waals surface area contributed by atoms with E-state index in [1.54, 1.807) is 18.2 Å². The van der Waals surface area contributed by atoms with Crippen molar-refractivity contribution < 1.29 is 14.3 Å². The number of carbonyl (C=O) groups is 1. The molecule has 0 radical (unpaired) electrons. The first kappa shape index (κ1) is 15.1. The number of ether oxygens (including phenoxy) is 2. The molecule has 5 heteroatoms. The predicted octanol–water partition coefficient (Wildman–Crippen LogP) is 3.96. The van der Waals surface area contributed by atoms with Gasteiger partial charge in [0, 0.05) is 11.1 Å². The summed E-state index contributed by atoms with van der Waals surface area (Å²) < 4.78 is 10.3. The van der Waals surface area contributed by atoms with Gasteiger partial charge in [-0.3, -0.25) is 0 Å². The number of halogens is 2. The molecule has 0 unspecified atom stereocenters. The Morgan fingerprint density at radius 3 is 2.56 bits per heavy atom. The van der Waals surface area contributed by atoms with Gasteiger partial charge in [-0.2, -0.15) is 0 Å². The lowest BCUT2D eigenvalue weighted by molar-refractivity contribution is -0.149. The average Bonchev–Trinajstić information content (AvgIpc) is 2.31. The number of hydrogen-bond donors (Lipinski definition) is 0. The van der Waals surface area contributed by atoms with Gasteiger partial charge in [0.05, 0.1) is 12.1 Å². The van der Waals surface area contributed by atoms with E-state index in [2.05, 4.69) is 0 Å². The number of hydrogen-bond acceptors (Lipinski definition) is 3. The lowest BCUT2D eigenvalue weighted by atomic mass is 10.1. The molecule has 0 fully saturated rings. The summed E-state index contributed by atoms with van der Waals surface area (Å²) in [5.74, 6) is 0.270. The number of esters is 1. The second-order valence-corrected chi connectivity index (χ2v) is 5.18. The first-order valence-electron chi connectivity index (χ1n) is 5.63. The van der Waals surface area contributed by atoms with Crippen molar-refractivity contribution in [3.63, 3.8) is 0 Å². The third kappa shape index (κ3) is 4.39. The first-order chi connectivity index (χ1) is 8.43. The van der Waals surface area contributed by atoms with Gasteiger partial charge in [0.25, 0.3) is 0 Å². The number of carbonyl (C=O) groups excluding carboxylic acids is 1. The third-order valence-corrected chi connectivity index (χ3v) is 2.86. The van der Waals surface area contributed by atoms with E-state index in [4.69, 9.17) is 32.7 Å². The van der Waals surface area contributed by atoms with Gasteiger partial charge in [0.2, 0.25) is 0 Å². The van der Waals surface area contributed by atoms with Crippen molar-refractivity contribution in [3.05, 3.63) is 28.2 Å². The quantitative estimate of drug-likeness (QED) is 0.770. The lowest BCUT2D eigenvalue weighted by Gasteiger charge is -2.19. The molecule has 0 saturated heterocycles. The summed E-state index contributed by atoms with van der Waals surface area (Å²) in [5, 5.41) is 0.916. The van der Waals surface area contributed by atoms with Crippen molar-refractivity contribution in [2.45, 2.75) is 26.4 Å². The summed E-state index contributed by atoms with van der Waals surface area (Å²) in [6.07, 6.45) is -0.124. The fourth-order valence-electron chi connectivity index (χ4n) is 1.47. The molecule has 0 amide bonds. The van der Waals surface area contributed by atoms with Crippen LogP contribution in [-0.2, 0) is 9.53 Å². The zero-order chi connectivity index (χ0) is 13.7. The van der Waals surface area contributed by atoms with Crippen LogP contribution in [0.25, 0.3) is 0 Å². The molecule has 0 aliphatic rings. The van der Waals surface area contributed by atoms with Gasteiger partial charge in [-0.05, 0) is 24.5 Å². The molecule has 3 nitrogen and oxygen atoms in total. The maximum atomic E-state index is 11.6. The second-order valence-electron chi connectivity index (χ2n) is 4.33. The van der Waals surface area contributed by atoms with Crippen LogP contribution in [0.2, 0.25) is 10.0 Å². The summed E-state index contributed by atoms with van der Waals surface area (Å²) >= 11 is 11.9. The van der Waals surface area contributed by atoms with Crippen molar-refractivity contribution in [1.82, 2.24) is 0 Å². The Morgan fingerprint density at radius 1 is 1.33 bits per heavy atom. The molecule has 100 valence electrons. The zero-order valence-electron chi connectivity index (χ0n) is 10.6. The Kier molecular flexibility index (Phi) is 5.76. The van der Waals surface area contributed by atoms with Crippen molar-refractivity contribution >= 4 is 29.2 Å². The smallest absolute Gasteiger partial charge is 0.347 e. The second kappa shape index (κ2) is 6.86. The molecule has 0 aliphatic heterocycles. The Bertz CT molecular complexity index is 419. The largest absolute Gasteiger partial charge is 0.477 e. The maximum absolute atomic E-state index is 11.6. The molecule has 0 saturated carbocycles. The molecule has 1 rings (SSSR count). The fourth-order valence-corrected chi connectivity index (χ4v) is 1.80. The minimum atomic E-state index is -0.675. The Labute approximate surface area is 117 Å². The van der Waals surface area contributed by atoms with Gasteiger partial charge in [0.15, 0.2) is 6.10 Å². The minimum Gasteiger partial charge on any atom is -0.477 e. The van der Waals surface area contributed by atoms with Crippen LogP contribution in [0.5, 0.6) is 5.75 Å². The van der Waals surface area contributed by atoms with Crippen molar-refractivity contribution in [1.29, 1.82) is 0 Å². The number of rotatable bonds is 5. The highest BCUT2D eigenvalue weighted by Gasteiger charge is 2.23. The molecule has 1 atom stereocenters. The predicted molar refractivity (Wildman–Crippen MR) is 72.3 cm³/mol. The van der Waals surface area contributed by atoms with Crippen LogP contribution in [0, 0.1) is 5.92 Å². The van der Waals surface area contributed by atoms with Gasteiger partial charge in [0.1, 0.15) is 5.75 Å². The highest BCUT2D eigenvalue weighted by Crippen LogP contribution is 2.29. The van der Waals surface area contributed by atoms with Gasteiger partial charge in [-0.15, -0.1) is 0 Å². The van der Waals surface area contributed by atoms with Crippen LogP contribution >= 0.6 is 23.2 Å². The summed E-state index contributed by atoms with van der Waals surface area (Å²) in [5.41, 5.74) is 0. The van der Waals surface area contributed by atoms with E-state index in [0.29, 0.717) is 28.1 Å². The molecule has 1 aromatic carbocycles. The third-order valence-electron chi connectivity index (χ3n) is 2.31. The molecule has 0 aromatic heterocycles. The van der Waals surface area contributed by atoms with E-state index in [0.717, 1.165) is 0 Å². The SMILES string of the molecule is COC(=O)[C@H](CC(C)C)Oc1cc(Cl)ccc1Cl. The van der Waals surface area contributed by atoms with E-state index in [1.807, 2.05) is 13.8 Å². The summed E-state index contributed by atoms with van der Waals surface area (Å²) in [6.45, 7) is 4.00. The molecule has 0 aliphatic carbocycles. The van der Waals surface area contributed by atoms with Crippen molar-refractivity contribution in [2.75, 3.05) is 7.11 Å². The van der Waals surface area contributed by atoms with Crippen LogP contribution in [0.4, 0.5) is 0 Å². The fraction of sp³-hybridized carbons (Fsp3) is 0.462. The molecule has 0 spiro atoms. The molecule has 1 aromatic rings. The highest BCUT2D eigenvalue weighted by atomic mass is 35.5. The van der Waals surface area contributed by atoms with Gasteiger partial charge < -0.3 is 9.47 Å². The minimum absolute atomic E-state index is 0.298. The monoisotopic (exact) mass is 290 g/mol. The van der Waals surface area contributed by atoms with Gasteiger partial charge in [-0.1, -0.05) is 37.0 Å². The van der Waals surface area contributed by atoms with Crippen LogP contribution in [0.3, 0.4) is 0 Å². The zero-order valence-corrected chi connectivity index (χ0v) is 12.1. The first-order valence-corrected chi connectivity index (χ1v) is 6.39. The van der Waals surface area contributed by atoms with Crippen LogP contribution in [0.15, 0.2) is 18.2 Å². The molecule has 0 heterocycles. The lowest BCUT2D eigenvalue weighted by Crippen LogP contribution is -2.30. The Morgan fingerprint density at radius 2 is 2.00 bits per heavy atom. The van der Waals surface area contributed by atoms with Crippen LogP contribution < -0.4 is 4.74 Å². The summed E-state index contributed by atoms with van der Waals surface area (Å²) in [6, 6.07) is 4.87. The molecular formula is C13H16Cl2O3. The Balaban J connectivity index is 2.88. The van der Waals surface area contributed by atoms with Crippen LogP contribution in [-0.4, -0.2) is 19.2 Å². The van der Waals surface area contributed by atoms with Crippen LogP contribution in [0.1, 0.15) is 20.3 Å². The summed E-state index contributed by atoms with van der Waals surface area (Å²) in [4.78, 5) is 11.6. The molecule has 0 N–H and O–H groups in total. The Hall–Kier alpha value is -0.930. The normalized spacial score (nSPS) is 12.3. The maximum Gasteiger partial charge on any atom is 0.347 e. The topological polar surface area (TPSA) is 35.5 Å². The van der Waals surface area contributed by atoms with Gasteiger partial charge >= 0.3 is 5.97 Å². The van der Waals surface area contributed by atoms with Gasteiger partial charge in [-0.25, -0.2) is 4.79 Å². The van der Waals surface area contributed by atoms with E-state index in [-0.39, 0.29) is 0 Å². The van der Waals surface area contributed by atoms with E-state index in [1.165, 1.54) is 7.11 Å². The summed E-state index contributed by atoms with van der Waals surface area (Å²) in [7, 11) is 1.33. The van der Waals surface area contributed by atoms with E-state index < -0.39 is 12.1 Å². The van der Waals surface area contributed by atoms with Crippen molar-refractivity contribution in [3.8, 4) is 5.75 Å². The van der Waals surface area contributed by atoms with E-state index in [9.17, 15) is 4.79 Å². The van der Waals surface area contributed by atoms with Crippen molar-refractivity contribution in [2.24, 2.45) is 5.92 Å². The standard InChI is InChI=1S/C13H16Cl2O3/c1-8(2)6-12(13(16)17-3)18-11-7-9(14)4-5-10(11)15/h4-5,7-8,12H,6H2,1-3H3/t12-/m0/s1. The average molecular weight is 291 g/mol. The van der Waals surface area contributed by atoms with E-state index >= 15 is 0 Å². The highest BCUT2D eigenvalue weighted by molar-refractivity contribution is 6.34. The molecular weight excluding hydrogens is 275 g/mol. The number of methoxy groups -OCH3 is 1.